The Hall–Kier alpha value is -3.22. The molecule has 6 rings (SSSR count). The Morgan fingerprint density at radius 3 is 2.59 bits per heavy atom. The maximum Gasteiger partial charge on any atom is 0.255 e. The van der Waals surface area contributed by atoms with Gasteiger partial charge >= 0.3 is 0 Å². The van der Waals surface area contributed by atoms with Crippen LogP contribution in [0.5, 0.6) is 0 Å². The fraction of sp³-hybridized carbons (Fsp3) is 0.318. The number of fused-ring (bicyclic) bond motifs is 1. The molecule has 0 unspecified atom stereocenters. The molecule has 1 atom stereocenters. The van der Waals surface area contributed by atoms with Crippen LogP contribution in [0.4, 0.5) is 10.1 Å². The number of hydrogen-bond donors (Lipinski definition) is 2. The van der Waals surface area contributed by atoms with Gasteiger partial charge in [0.15, 0.2) is 0 Å². The van der Waals surface area contributed by atoms with Crippen LogP contribution in [0.15, 0.2) is 54.9 Å². The van der Waals surface area contributed by atoms with E-state index in [0.29, 0.717) is 11.3 Å². The third-order valence-corrected chi connectivity index (χ3v) is 6.54. The Balaban J connectivity index is 1.21. The van der Waals surface area contributed by atoms with Crippen molar-refractivity contribution in [3.8, 4) is 0 Å². The molecule has 3 aromatic rings. The van der Waals surface area contributed by atoms with Crippen LogP contribution in [-0.2, 0) is 4.79 Å². The second kappa shape index (κ2) is 6.14. The van der Waals surface area contributed by atoms with Gasteiger partial charge in [-0.3, -0.25) is 9.59 Å². The Morgan fingerprint density at radius 1 is 1.14 bits per heavy atom. The van der Waals surface area contributed by atoms with E-state index in [0.717, 1.165) is 24.8 Å². The minimum Gasteiger partial charge on any atom is -0.346 e. The molecule has 3 aliphatic rings. The average molecular weight is 392 g/mol. The molecule has 0 radical (unpaired) electrons. The Labute approximate surface area is 167 Å². The topological polar surface area (TPSA) is 75.5 Å². The molecule has 3 saturated carbocycles. The Bertz CT molecular complexity index is 1100. The lowest BCUT2D eigenvalue weighted by molar-refractivity contribution is -0.184. The molecule has 2 amide bonds. The number of benzene rings is 1. The fourth-order valence-electron chi connectivity index (χ4n) is 4.94. The SMILES string of the molecule is C[C@H](C(=O)Nc1ccc(F)cc1)C12CC(NC(=O)c3cnn4ccccc34)(C1)C2. The van der Waals surface area contributed by atoms with E-state index in [2.05, 4.69) is 15.7 Å². The van der Waals surface area contributed by atoms with E-state index in [9.17, 15) is 14.0 Å². The van der Waals surface area contributed by atoms with Gasteiger partial charge in [-0.05, 0) is 61.1 Å². The lowest BCUT2D eigenvalue weighted by Gasteiger charge is -2.72. The molecule has 1 aromatic carbocycles. The number of nitrogens with zero attached hydrogens (tertiary/aromatic N) is 2. The molecule has 0 saturated heterocycles. The van der Waals surface area contributed by atoms with Crippen LogP contribution in [0.25, 0.3) is 5.52 Å². The number of rotatable bonds is 5. The van der Waals surface area contributed by atoms with Gasteiger partial charge in [0.2, 0.25) is 5.91 Å². The van der Waals surface area contributed by atoms with Crippen molar-refractivity contribution in [3.63, 3.8) is 0 Å². The Morgan fingerprint density at radius 2 is 1.86 bits per heavy atom. The van der Waals surface area contributed by atoms with Crippen LogP contribution < -0.4 is 10.6 Å². The predicted molar refractivity (Wildman–Crippen MR) is 106 cm³/mol. The predicted octanol–water partition coefficient (Wildman–Crippen LogP) is 3.40. The quantitative estimate of drug-likeness (QED) is 0.699. The zero-order valence-electron chi connectivity index (χ0n) is 16.0. The Kier molecular flexibility index (Phi) is 3.78. The van der Waals surface area contributed by atoms with Gasteiger partial charge in [-0.1, -0.05) is 13.0 Å². The highest BCUT2D eigenvalue weighted by atomic mass is 19.1. The fourth-order valence-corrected chi connectivity index (χ4v) is 4.94. The third kappa shape index (κ3) is 2.80. The summed E-state index contributed by atoms with van der Waals surface area (Å²) in [7, 11) is 0. The van der Waals surface area contributed by atoms with Crippen molar-refractivity contribution in [3.05, 3.63) is 66.2 Å². The summed E-state index contributed by atoms with van der Waals surface area (Å²) in [5, 5.41) is 10.2. The van der Waals surface area contributed by atoms with Gasteiger partial charge < -0.3 is 10.6 Å². The van der Waals surface area contributed by atoms with Crippen molar-refractivity contribution in [2.24, 2.45) is 11.3 Å². The summed E-state index contributed by atoms with van der Waals surface area (Å²) in [6.45, 7) is 1.93. The summed E-state index contributed by atoms with van der Waals surface area (Å²) in [6, 6.07) is 11.4. The molecular weight excluding hydrogens is 371 g/mol. The van der Waals surface area contributed by atoms with E-state index >= 15 is 0 Å². The number of carbonyl (C=O) groups is 2. The number of carbonyl (C=O) groups excluding carboxylic acids is 2. The van der Waals surface area contributed by atoms with E-state index in [4.69, 9.17) is 0 Å². The highest BCUT2D eigenvalue weighted by Crippen LogP contribution is 2.70. The molecule has 0 spiro atoms. The van der Waals surface area contributed by atoms with Crippen molar-refractivity contribution in [1.82, 2.24) is 14.9 Å². The molecule has 7 heteroatoms. The third-order valence-electron chi connectivity index (χ3n) is 6.54. The molecule has 3 aliphatic carbocycles. The largest absolute Gasteiger partial charge is 0.346 e. The summed E-state index contributed by atoms with van der Waals surface area (Å²) in [5.74, 6) is -0.704. The van der Waals surface area contributed by atoms with Gasteiger partial charge in [-0.25, -0.2) is 8.91 Å². The van der Waals surface area contributed by atoms with Gasteiger partial charge in [-0.2, -0.15) is 5.10 Å². The van der Waals surface area contributed by atoms with Crippen LogP contribution in [0, 0.1) is 17.2 Å². The van der Waals surface area contributed by atoms with Gasteiger partial charge in [0.1, 0.15) is 5.82 Å². The van der Waals surface area contributed by atoms with Gasteiger partial charge in [-0.15, -0.1) is 0 Å². The minimum atomic E-state index is -0.334. The number of anilines is 1. The summed E-state index contributed by atoms with van der Waals surface area (Å²) in [6.07, 6.45) is 5.78. The zero-order chi connectivity index (χ0) is 20.2. The standard InChI is InChI=1S/C22H21FN4O2/c1-14(19(28)25-16-7-5-15(23)6-8-16)21-11-22(12-21,13-21)26-20(29)17-10-24-27-9-3-2-4-18(17)27/h2-10,14H,11-13H2,1H3,(H,25,28)(H,26,29)/t14-,21?,22?/m1/s1. The number of nitrogens with one attached hydrogen (secondary N) is 2. The van der Waals surface area contributed by atoms with Crippen molar-refractivity contribution >= 4 is 23.0 Å². The van der Waals surface area contributed by atoms with E-state index < -0.39 is 0 Å². The van der Waals surface area contributed by atoms with E-state index in [1.54, 1.807) is 22.8 Å². The summed E-state index contributed by atoms with van der Waals surface area (Å²) >= 11 is 0. The van der Waals surface area contributed by atoms with E-state index in [-0.39, 0.29) is 34.5 Å². The molecule has 2 heterocycles. The van der Waals surface area contributed by atoms with Crippen molar-refractivity contribution < 1.29 is 14.0 Å². The highest BCUT2D eigenvalue weighted by Gasteiger charge is 2.71. The van der Waals surface area contributed by atoms with E-state index in [1.165, 1.54) is 12.1 Å². The highest BCUT2D eigenvalue weighted by molar-refractivity contribution is 6.01. The lowest BCUT2D eigenvalue weighted by atomic mass is 9.36. The normalized spacial score (nSPS) is 25.6. The maximum absolute atomic E-state index is 13.0. The second-order valence-corrected chi connectivity index (χ2v) is 8.43. The second-order valence-electron chi connectivity index (χ2n) is 8.43. The molecule has 2 bridgehead atoms. The summed E-state index contributed by atoms with van der Waals surface area (Å²) in [4.78, 5) is 25.4. The molecular formula is C22H21FN4O2. The zero-order valence-corrected chi connectivity index (χ0v) is 16.0. The van der Waals surface area contributed by atoms with Crippen molar-refractivity contribution in [2.75, 3.05) is 5.32 Å². The number of pyridine rings is 1. The van der Waals surface area contributed by atoms with Crippen LogP contribution in [0.1, 0.15) is 36.5 Å². The molecule has 2 N–H and O–H groups in total. The van der Waals surface area contributed by atoms with Crippen molar-refractivity contribution in [1.29, 1.82) is 0 Å². The molecule has 148 valence electrons. The number of hydrogen-bond acceptors (Lipinski definition) is 3. The van der Waals surface area contributed by atoms with Crippen LogP contribution in [0.3, 0.4) is 0 Å². The van der Waals surface area contributed by atoms with Crippen LogP contribution in [0.2, 0.25) is 0 Å². The molecule has 6 nitrogen and oxygen atoms in total. The molecule has 29 heavy (non-hydrogen) atoms. The number of halogens is 1. The first-order valence-electron chi connectivity index (χ1n) is 9.71. The van der Waals surface area contributed by atoms with Gasteiger partial charge in [0.05, 0.1) is 17.3 Å². The average Bonchev–Trinajstić information content (AvgIpc) is 3.09. The molecule has 0 aliphatic heterocycles. The van der Waals surface area contributed by atoms with Crippen molar-refractivity contribution in [2.45, 2.75) is 31.7 Å². The van der Waals surface area contributed by atoms with Crippen LogP contribution >= 0.6 is 0 Å². The first-order valence-corrected chi connectivity index (χ1v) is 9.71. The summed E-state index contributed by atoms with van der Waals surface area (Å²) < 4.78 is 14.7. The minimum absolute atomic E-state index is 0.0705. The smallest absolute Gasteiger partial charge is 0.255 e. The first kappa shape index (κ1) is 17.8. The number of aromatic nitrogens is 2. The first-order chi connectivity index (χ1) is 13.9. The monoisotopic (exact) mass is 392 g/mol. The number of amides is 2. The molecule has 3 fully saturated rings. The molecule has 2 aromatic heterocycles. The summed E-state index contributed by atoms with van der Waals surface area (Å²) in [5.41, 5.74) is 1.64. The lowest BCUT2D eigenvalue weighted by Crippen LogP contribution is -2.77. The maximum atomic E-state index is 13.0. The van der Waals surface area contributed by atoms with Gasteiger partial charge in [0, 0.05) is 23.3 Å². The van der Waals surface area contributed by atoms with Gasteiger partial charge in [0.25, 0.3) is 5.91 Å². The van der Waals surface area contributed by atoms with E-state index in [1.807, 2.05) is 31.3 Å². The van der Waals surface area contributed by atoms with Crippen LogP contribution in [-0.4, -0.2) is 27.0 Å².